The second-order valence-corrected chi connectivity index (χ2v) is 3.59. The highest BCUT2D eigenvalue weighted by atomic mass is 79.9. The average molecular weight is 215 g/mol. The molecule has 0 aliphatic heterocycles. The van der Waals surface area contributed by atoms with Crippen molar-refractivity contribution in [2.24, 2.45) is 4.99 Å². The molecule has 1 aromatic heterocycles. The summed E-state index contributed by atoms with van der Waals surface area (Å²) in [4.78, 5) is 4.42. The maximum Gasteiger partial charge on any atom is 0.128 e. The lowest BCUT2D eigenvalue weighted by Crippen LogP contribution is -2.19. The van der Waals surface area contributed by atoms with Crippen molar-refractivity contribution in [2.45, 2.75) is 11.9 Å². The van der Waals surface area contributed by atoms with Crippen molar-refractivity contribution in [2.75, 3.05) is 7.05 Å². The van der Waals surface area contributed by atoms with Gasteiger partial charge < -0.3 is 4.57 Å². The molecule has 0 aliphatic rings. The lowest BCUT2D eigenvalue weighted by atomic mass is 10.4. The zero-order valence-corrected chi connectivity index (χ0v) is 8.25. The smallest absolute Gasteiger partial charge is 0.128 e. The van der Waals surface area contributed by atoms with Crippen molar-refractivity contribution >= 4 is 15.9 Å². The predicted octanol–water partition coefficient (Wildman–Crippen LogP) is 1.93. The maximum atomic E-state index is 4.12. The summed E-state index contributed by atoms with van der Waals surface area (Å²) in [5.74, 6) is 0. The molecule has 0 spiro atoms. The monoisotopic (exact) mass is 214 g/mol. The van der Waals surface area contributed by atoms with Crippen LogP contribution in [0.2, 0.25) is 0 Å². The van der Waals surface area contributed by atoms with Crippen LogP contribution in [0.25, 0.3) is 0 Å². The zero-order valence-electron chi connectivity index (χ0n) is 6.66. The van der Waals surface area contributed by atoms with E-state index in [9.17, 15) is 0 Å². The summed E-state index contributed by atoms with van der Waals surface area (Å²) in [7, 11) is 1.79. The van der Waals surface area contributed by atoms with E-state index in [-0.39, 0.29) is 0 Å². The minimum atomic E-state index is 0.294. The maximum absolute atomic E-state index is 4.12. The van der Waals surface area contributed by atoms with E-state index in [2.05, 4.69) is 32.4 Å². The molecule has 11 heavy (non-hydrogen) atoms. The number of pyridine rings is 1. The van der Waals surface area contributed by atoms with Gasteiger partial charge in [0.25, 0.3) is 0 Å². The summed E-state index contributed by atoms with van der Waals surface area (Å²) in [6, 6.07) is 5.96. The topological polar surface area (TPSA) is 17.3 Å². The van der Waals surface area contributed by atoms with E-state index in [0.717, 1.165) is 5.49 Å². The number of hydrogen-bond donors (Lipinski definition) is 0. The molecule has 60 valence electrons. The SMILES string of the molecule is CN=c1ccccn1C(C)Br. The number of rotatable bonds is 1. The van der Waals surface area contributed by atoms with Gasteiger partial charge in [0.1, 0.15) is 5.49 Å². The van der Waals surface area contributed by atoms with Crippen molar-refractivity contribution in [3.63, 3.8) is 0 Å². The highest BCUT2D eigenvalue weighted by Gasteiger charge is 1.96. The van der Waals surface area contributed by atoms with Crippen LogP contribution in [0.5, 0.6) is 0 Å². The Bertz CT molecular complexity index is 288. The Morgan fingerprint density at radius 3 is 2.73 bits per heavy atom. The van der Waals surface area contributed by atoms with Gasteiger partial charge in [-0.2, -0.15) is 0 Å². The van der Waals surface area contributed by atoms with Crippen LogP contribution < -0.4 is 5.49 Å². The minimum Gasteiger partial charge on any atom is -0.321 e. The van der Waals surface area contributed by atoms with E-state index in [1.807, 2.05) is 24.4 Å². The number of alkyl halides is 1. The minimum absolute atomic E-state index is 0.294. The molecular formula is C8H11BrN2. The van der Waals surface area contributed by atoms with Crippen LogP contribution in [-0.4, -0.2) is 11.6 Å². The third-order valence-electron chi connectivity index (χ3n) is 1.48. The molecule has 0 N–H and O–H groups in total. The van der Waals surface area contributed by atoms with Gasteiger partial charge in [0, 0.05) is 13.2 Å². The third-order valence-corrected chi connectivity index (χ3v) is 1.92. The Morgan fingerprint density at radius 2 is 2.27 bits per heavy atom. The molecular weight excluding hydrogens is 204 g/mol. The van der Waals surface area contributed by atoms with Crippen LogP contribution in [-0.2, 0) is 0 Å². The molecule has 0 amide bonds. The number of halogens is 1. The van der Waals surface area contributed by atoms with E-state index >= 15 is 0 Å². The first-order valence-corrected chi connectivity index (χ1v) is 4.41. The number of hydrogen-bond acceptors (Lipinski definition) is 1. The molecule has 1 unspecified atom stereocenters. The standard InChI is InChI=1S/C8H11BrN2/c1-7(9)11-6-4-3-5-8(11)10-2/h3-7H,1-2H3. The van der Waals surface area contributed by atoms with E-state index in [1.54, 1.807) is 7.05 Å². The molecule has 2 nitrogen and oxygen atoms in total. The molecule has 0 fully saturated rings. The van der Waals surface area contributed by atoms with Gasteiger partial charge in [-0.1, -0.05) is 22.0 Å². The Kier molecular flexibility index (Phi) is 2.88. The van der Waals surface area contributed by atoms with Gasteiger partial charge in [-0.15, -0.1) is 0 Å². The van der Waals surface area contributed by atoms with Crippen LogP contribution in [0.1, 0.15) is 11.9 Å². The Labute approximate surface area is 74.7 Å². The number of nitrogens with zero attached hydrogens (tertiary/aromatic N) is 2. The Hall–Kier alpha value is -0.570. The first-order chi connectivity index (χ1) is 5.25. The number of aromatic nitrogens is 1. The van der Waals surface area contributed by atoms with E-state index in [4.69, 9.17) is 0 Å². The Morgan fingerprint density at radius 1 is 1.55 bits per heavy atom. The van der Waals surface area contributed by atoms with Gasteiger partial charge in [0.15, 0.2) is 0 Å². The van der Waals surface area contributed by atoms with Crippen LogP contribution >= 0.6 is 15.9 Å². The summed E-state index contributed by atoms with van der Waals surface area (Å²) in [6.45, 7) is 2.06. The van der Waals surface area contributed by atoms with Crippen molar-refractivity contribution in [3.05, 3.63) is 29.9 Å². The first-order valence-electron chi connectivity index (χ1n) is 3.50. The summed E-state index contributed by atoms with van der Waals surface area (Å²) >= 11 is 3.48. The fraction of sp³-hybridized carbons (Fsp3) is 0.375. The highest BCUT2D eigenvalue weighted by molar-refractivity contribution is 9.09. The third kappa shape index (κ3) is 1.93. The molecule has 1 rings (SSSR count). The van der Waals surface area contributed by atoms with Crippen LogP contribution in [0.3, 0.4) is 0 Å². The van der Waals surface area contributed by atoms with Crippen LogP contribution in [0, 0.1) is 0 Å². The first kappa shape index (κ1) is 8.53. The molecule has 1 aromatic rings. The molecule has 0 aliphatic carbocycles. The van der Waals surface area contributed by atoms with Gasteiger partial charge in [-0.05, 0) is 19.1 Å². The normalized spacial score (nSPS) is 15.0. The molecule has 1 atom stereocenters. The molecule has 0 saturated carbocycles. The van der Waals surface area contributed by atoms with Gasteiger partial charge in [-0.25, -0.2) is 0 Å². The molecule has 0 bridgehead atoms. The zero-order chi connectivity index (χ0) is 8.27. The van der Waals surface area contributed by atoms with Gasteiger partial charge in [0.05, 0.1) is 4.95 Å². The highest BCUT2D eigenvalue weighted by Crippen LogP contribution is 2.08. The second-order valence-electron chi connectivity index (χ2n) is 2.26. The van der Waals surface area contributed by atoms with Gasteiger partial charge in [-0.3, -0.25) is 4.99 Å². The molecule has 1 heterocycles. The molecule has 3 heteroatoms. The van der Waals surface area contributed by atoms with Crippen molar-refractivity contribution < 1.29 is 0 Å². The summed E-state index contributed by atoms with van der Waals surface area (Å²) in [6.07, 6.45) is 2.00. The molecule has 0 saturated heterocycles. The van der Waals surface area contributed by atoms with Gasteiger partial charge in [0.2, 0.25) is 0 Å². The summed E-state index contributed by atoms with van der Waals surface area (Å²) in [5, 5.41) is 0. The summed E-state index contributed by atoms with van der Waals surface area (Å²) in [5.41, 5.74) is 0.983. The fourth-order valence-corrected chi connectivity index (χ4v) is 1.28. The van der Waals surface area contributed by atoms with Crippen molar-refractivity contribution in [3.8, 4) is 0 Å². The summed E-state index contributed by atoms with van der Waals surface area (Å²) < 4.78 is 2.06. The lowest BCUT2D eigenvalue weighted by Gasteiger charge is -2.08. The van der Waals surface area contributed by atoms with Crippen LogP contribution in [0.4, 0.5) is 0 Å². The lowest BCUT2D eigenvalue weighted by molar-refractivity contribution is 0.701. The van der Waals surface area contributed by atoms with Crippen LogP contribution in [0.15, 0.2) is 29.4 Å². The predicted molar refractivity (Wildman–Crippen MR) is 49.6 cm³/mol. The Balaban J connectivity index is 3.25. The average Bonchev–Trinajstić information content (AvgIpc) is 2.04. The largest absolute Gasteiger partial charge is 0.321 e. The van der Waals surface area contributed by atoms with E-state index in [1.165, 1.54) is 0 Å². The second kappa shape index (κ2) is 3.72. The molecule has 0 aromatic carbocycles. The van der Waals surface area contributed by atoms with Crippen molar-refractivity contribution in [1.29, 1.82) is 0 Å². The fourth-order valence-electron chi connectivity index (χ4n) is 0.937. The van der Waals surface area contributed by atoms with Crippen molar-refractivity contribution in [1.82, 2.24) is 4.57 Å². The quantitative estimate of drug-likeness (QED) is 0.637. The van der Waals surface area contributed by atoms with E-state index in [0.29, 0.717) is 4.95 Å². The van der Waals surface area contributed by atoms with Gasteiger partial charge >= 0.3 is 0 Å². The molecule has 0 radical (unpaired) electrons. The van der Waals surface area contributed by atoms with E-state index < -0.39 is 0 Å².